The molecule has 6 heteroatoms. The Bertz CT molecular complexity index is 605. The molecule has 3 rings (SSSR count). The summed E-state index contributed by atoms with van der Waals surface area (Å²) in [5.74, 6) is -0.125. The molecule has 20 heavy (non-hydrogen) atoms. The highest BCUT2D eigenvalue weighted by atomic mass is 79.9. The maximum atomic E-state index is 12.2. The van der Waals surface area contributed by atoms with Crippen LogP contribution in [0.5, 0.6) is 0 Å². The number of carbonyl (C=O) groups excluding carboxylic acids is 1. The summed E-state index contributed by atoms with van der Waals surface area (Å²) in [6, 6.07) is 9.95. The lowest BCUT2D eigenvalue weighted by molar-refractivity contribution is 0.0934. The molecule has 1 aliphatic rings. The summed E-state index contributed by atoms with van der Waals surface area (Å²) < 4.78 is 0.701. The van der Waals surface area contributed by atoms with Crippen LogP contribution in [0.4, 0.5) is 0 Å². The smallest absolute Gasteiger partial charge is 0.270 e. The van der Waals surface area contributed by atoms with Crippen LogP contribution >= 0.6 is 15.9 Å². The van der Waals surface area contributed by atoms with Gasteiger partial charge in [0.25, 0.3) is 5.91 Å². The van der Waals surface area contributed by atoms with Gasteiger partial charge in [-0.3, -0.25) is 9.89 Å². The van der Waals surface area contributed by atoms with Crippen LogP contribution in [0.2, 0.25) is 0 Å². The first kappa shape index (κ1) is 13.3. The number of hydrogen-bond acceptors (Lipinski definition) is 3. The highest BCUT2D eigenvalue weighted by Crippen LogP contribution is 2.28. The number of halogens is 1. The first-order chi connectivity index (χ1) is 9.75. The topological polar surface area (TPSA) is 69.8 Å². The Morgan fingerprint density at radius 1 is 1.35 bits per heavy atom. The van der Waals surface area contributed by atoms with Crippen LogP contribution in [0.25, 0.3) is 11.3 Å². The van der Waals surface area contributed by atoms with Gasteiger partial charge in [-0.15, -0.1) is 0 Å². The molecule has 1 aromatic carbocycles. The van der Waals surface area contributed by atoms with Gasteiger partial charge in [0.15, 0.2) is 0 Å². The maximum absolute atomic E-state index is 12.2. The van der Waals surface area contributed by atoms with Crippen LogP contribution in [0.3, 0.4) is 0 Å². The molecule has 1 aliphatic heterocycles. The maximum Gasteiger partial charge on any atom is 0.270 e. The number of nitrogens with one attached hydrogen (secondary N) is 3. The van der Waals surface area contributed by atoms with Crippen molar-refractivity contribution in [3.05, 3.63) is 40.5 Å². The third-order valence-corrected chi connectivity index (χ3v) is 4.15. The van der Waals surface area contributed by atoms with Gasteiger partial charge in [0, 0.05) is 18.2 Å². The van der Waals surface area contributed by atoms with Gasteiger partial charge < -0.3 is 10.6 Å². The molecule has 0 radical (unpaired) electrons. The first-order valence-electron chi connectivity index (χ1n) is 6.56. The van der Waals surface area contributed by atoms with Gasteiger partial charge >= 0.3 is 0 Å². The number of H-pyrrole nitrogens is 1. The molecule has 3 N–H and O–H groups in total. The summed E-state index contributed by atoms with van der Waals surface area (Å²) in [5, 5.41) is 13.3. The molecule has 1 unspecified atom stereocenters. The lowest BCUT2D eigenvalue weighted by atomic mass is 10.1. The van der Waals surface area contributed by atoms with E-state index in [-0.39, 0.29) is 11.9 Å². The number of rotatable bonds is 3. The second-order valence-corrected chi connectivity index (χ2v) is 5.58. The second-order valence-electron chi connectivity index (χ2n) is 4.79. The average molecular weight is 335 g/mol. The third-order valence-electron chi connectivity index (χ3n) is 3.38. The van der Waals surface area contributed by atoms with Crippen LogP contribution < -0.4 is 10.6 Å². The number of benzene rings is 1. The molecule has 104 valence electrons. The molecule has 2 aromatic rings. The fraction of sp³-hybridized carbons (Fsp3) is 0.286. The molecular formula is C14H15BrN4O. The molecule has 0 saturated carbocycles. The highest BCUT2D eigenvalue weighted by Gasteiger charge is 2.22. The summed E-state index contributed by atoms with van der Waals surface area (Å²) in [4.78, 5) is 12.2. The van der Waals surface area contributed by atoms with Crippen LogP contribution in [0, 0.1) is 0 Å². The molecular weight excluding hydrogens is 320 g/mol. The molecule has 1 fully saturated rings. The van der Waals surface area contributed by atoms with Gasteiger partial charge in [-0.25, -0.2) is 0 Å². The van der Waals surface area contributed by atoms with E-state index in [1.54, 1.807) is 0 Å². The van der Waals surface area contributed by atoms with E-state index in [4.69, 9.17) is 0 Å². The molecule has 0 bridgehead atoms. The van der Waals surface area contributed by atoms with Crippen molar-refractivity contribution >= 4 is 21.8 Å². The van der Waals surface area contributed by atoms with Gasteiger partial charge in [-0.1, -0.05) is 30.3 Å². The van der Waals surface area contributed by atoms with Crippen molar-refractivity contribution in [1.29, 1.82) is 0 Å². The second kappa shape index (κ2) is 5.76. The molecule has 5 nitrogen and oxygen atoms in total. The summed E-state index contributed by atoms with van der Waals surface area (Å²) in [7, 11) is 0. The van der Waals surface area contributed by atoms with Crippen molar-refractivity contribution in [1.82, 2.24) is 20.8 Å². The van der Waals surface area contributed by atoms with Crippen molar-refractivity contribution in [2.75, 3.05) is 13.1 Å². The van der Waals surface area contributed by atoms with Gasteiger partial charge in [0.1, 0.15) is 11.4 Å². The number of amides is 1. The zero-order chi connectivity index (χ0) is 13.9. The Morgan fingerprint density at radius 3 is 2.85 bits per heavy atom. The van der Waals surface area contributed by atoms with Gasteiger partial charge in [-0.05, 0) is 28.9 Å². The van der Waals surface area contributed by atoms with Gasteiger partial charge in [0.2, 0.25) is 0 Å². The third kappa shape index (κ3) is 2.62. The predicted octanol–water partition coefficient (Wildman–Crippen LogP) is 1.93. The number of aromatic nitrogens is 2. The monoisotopic (exact) mass is 334 g/mol. The molecule has 2 heterocycles. The van der Waals surface area contributed by atoms with E-state index in [1.165, 1.54) is 0 Å². The van der Waals surface area contributed by atoms with E-state index in [2.05, 4.69) is 36.8 Å². The molecule has 1 atom stereocenters. The van der Waals surface area contributed by atoms with Crippen LogP contribution in [0.15, 0.2) is 34.8 Å². The average Bonchev–Trinajstić information content (AvgIpc) is 3.09. The Balaban J connectivity index is 1.81. The zero-order valence-electron chi connectivity index (χ0n) is 10.8. The van der Waals surface area contributed by atoms with Crippen LogP contribution in [-0.2, 0) is 0 Å². The van der Waals surface area contributed by atoms with E-state index in [9.17, 15) is 4.79 Å². The Labute approximate surface area is 125 Å². The molecule has 0 aliphatic carbocycles. The minimum Gasteiger partial charge on any atom is -0.347 e. The molecule has 0 spiro atoms. The molecule has 1 amide bonds. The largest absolute Gasteiger partial charge is 0.347 e. The van der Waals surface area contributed by atoms with Crippen molar-refractivity contribution in [2.24, 2.45) is 0 Å². The van der Waals surface area contributed by atoms with Crippen molar-refractivity contribution in [3.63, 3.8) is 0 Å². The SMILES string of the molecule is O=C(NC1CCNC1)c1[nH]nc(-c2ccccc2)c1Br. The minimum atomic E-state index is -0.125. The normalized spacial score (nSPS) is 18.1. The number of hydrogen-bond donors (Lipinski definition) is 3. The van der Waals surface area contributed by atoms with E-state index in [1.807, 2.05) is 30.3 Å². The fourth-order valence-electron chi connectivity index (χ4n) is 2.30. The van der Waals surface area contributed by atoms with E-state index in [0.29, 0.717) is 10.2 Å². The van der Waals surface area contributed by atoms with E-state index < -0.39 is 0 Å². The minimum absolute atomic E-state index is 0.125. The zero-order valence-corrected chi connectivity index (χ0v) is 12.4. The van der Waals surface area contributed by atoms with Gasteiger partial charge in [0.05, 0.1) is 4.47 Å². The lowest BCUT2D eigenvalue weighted by Crippen LogP contribution is -2.36. The highest BCUT2D eigenvalue weighted by molar-refractivity contribution is 9.10. The summed E-state index contributed by atoms with van der Waals surface area (Å²) in [5.41, 5.74) is 2.19. The lowest BCUT2D eigenvalue weighted by Gasteiger charge is -2.10. The Kier molecular flexibility index (Phi) is 3.84. The quantitative estimate of drug-likeness (QED) is 0.803. The standard InChI is InChI=1S/C14H15BrN4O/c15-11-12(9-4-2-1-3-5-9)18-19-13(11)14(20)17-10-6-7-16-8-10/h1-5,10,16H,6-8H2,(H,17,20)(H,18,19). The van der Waals surface area contributed by atoms with E-state index >= 15 is 0 Å². The summed E-state index contributed by atoms with van der Waals surface area (Å²) in [6.07, 6.45) is 0.961. The van der Waals surface area contributed by atoms with Gasteiger partial charge in [-0.2, -0.15) is 5.10 Å². The van der Waals surface area contributed by atoms with Crippen molar-refractivity contribution < 1.29 is 4.79 Å². The first-order valence-corrected chi connectivity index (χ1v) is 7.36. The summed E-state index contributed by atoms with van der Waals surface area (Å²) >= 11 is 3.47. The number of aromatic amines is 1. The number of carbonyl (C=O) groups is 1. The predicted molar refractivity (Wildman–Crippen MR) is 80.5 cm³/mol. The molecule has 1 aromatic heterocycles. The van der Waals surface area contributed by atoms with Crippen LogP contribution in [-0.4, -0.2) is 35.2 Å². The number of nitrogens with zero attached hydrogens (tertiary/aromatic N) is 1. The van der Waals surface area contributed by atoms with E-state index in [0.717, 1.165) is 30.8 Å². The van der Waals surface area contributed by atoms with Crippen LogP contribution in [0.1, 0.15) is 16.9 Å². The van der Waals surface area contributed by atoms with Crippen molar-refractivity contribution in [2.45, 2.75) is 12.5 Å². The summed E-state index contributed by atoms with van der Waals surface area (Å²) in [6.45, 7) is 1.77. The molecule has 1 saturated heterocycles. The Hall–Kier alpha value is -1.66. The van der Waals surface area contributed by atoms with Crippen molar-refractivity contribution in [3.8, 4) is 11.3 Å². The Morgan fingerprint density at radius 2 is 2.15 bits per heavy atom. The fourth-order valence-corrected chi connectivity index (χ4v) is 2.89.